The maximum Gasteiger partial charge on any atom is 0.261 e. The summed E-state index contributed by atoms with van der Waals surface area (Å²) in [6.45, 7) is 3.81. The zero-order valence-corrected chi connectivity index (χ0v) is 17.0. The van der Waals surface area contributed by atoms with E-state index in [9.17, 15) is 14.7 Å². The van der Waals surface area contributed by atoms with Crippen molar-refractivity contribution in [2.75, 3.05) is 10.6 Å². The number of nitrogens with zero attached hydrogens (tertiary/aromatic N) is 2. The lowest BCUT2D eigenvalue weighted by Gasteiger charge is -2.11. The zero-order chi connectivity index (χ0) is 20.8. The molecule has 1 atom stereocenters. The average molecular weight is 410 g/mol. The summed E-state index contributed by atoms with van der Waals surface area (Å²) in [5.74, 6) is -0.786. The van der Waals surface area contributed by atoms with Crippen molar-refractivity contribution in [2.24, 2.45) is 0 Å². The first-order chi connectivity index (χ1) is 14.0. The molecule has 3 N–H and O–H groups in total. The Kier molecular flexibility index (Phi) is 6.56. The van der Waals surface area contributed by atoms with Crippen LogP contribution in [0.3, 0.4) is 0 Å². The Balaban J connectivity index is 1.76. The quantitative estimate of drug-likeness (QED) is 0.501. The topological polar surface area (TPSA) is 104 Å². The third-order valence-corrected chi connectivity index (χ3v) is 5.37. The van der Waals surface area contributed by atoms with Crippen molar-refractivity contribution in [1.29, 1.82) is 0 Å². The van der Waals surface area contributed by atoms with Gasteiger partial charge in [0.05, 0.1) is 5.56 Å². The largest absolute Gasteiger partial charge is 0.507 e. The molecule has 3 rings (SSSR count). The second kappa shape index (κ2) is 9.29. The number of rotatable bonds is 7. The molecular formula is C21H22N4O3S. The number of anilines is 2. The van der Waals surface area contributed by atoms with Crippen LogP contribution in [0.2, 0.25) is 0 Å². The molecule has 2 amide bonds. The second-order valence-electron chi connectivity index (χ2n) is 6.40. The molecule has 1 heterocycles. The third-order valence-electron chi connectivity index (χ3n) is 4.42. The predicted molar refractivity (Wildman–Crippen MR) is 113 cm³/mol. The number of nitrogens with one attached hydrogen (secondary N) is 2. The van der Waals surface area contributed by atoms with Crippen LogP contribution in [-0.4, -0.2) is 27.1 Å². The van der Waals surface area contributed by atoms with Gasteiger partial charge in [0.1, 0.15) is 10.8 Å². The molecule has 1 unspecified atom stereocenters. The van der Waals surface area contributed by atoms with Crippen molar-refractivity contribution < 1.29 is 14.7 Å². The van der Waals surface area contributed by atoms with E-state index in [0.29, 0.717) is 17.2 Å². The Bertz CT molecular complexity index is 1000. The highest BCUT2D eigenvalue weighted by molar-refractivity contribution is 7.15. The number of carbonyl (C=O) groups excluding carboxylic acids is 2. The van der Waals surface area contributed by atoms with E-state index in [2.05, 4.69) is 27.8 Å². The minimum absolute atomic E-state index is 0.0470. The molecule has 0 aliphatic carbocycles. The Labute approximate surface area is 172 Å². The maximum absolute atomic E-state index is 12.6. The molecule has 0 saturated heterocycles. The van der Waals surface area contributed by atoms with Crippen LogP contribution >= 0.6 is 11.3 Å². The fourth-order valence-corrected chi connectivity index (χ4v) is 3.82. The minimum Gasteiger partial charge on any atom is -0.507 e. The molecule has 0 saturated carbocycles. The van der Waals surface area contributed by atoms with E-state index in [1.54, 1.807) is 6.92 Å². The van der Waals surface area contributed by atoms with Gasteiger partial charge in [0, 0.05) is 18.0 Å². The Morgan fingerprint density at radius 3 is 2.52 bits per heavy atom. The second-order valence-corrected chi connectivity index (χ2v) is 7.41. The standard InChI is InChI=1S/C21H22N4O3S/c1-3-15(13-8-6-5-7-9-13)20-24-25-21(29-20)23-19(28)16-12-14(10-11-17(16)26)22-18(27)4-2/h5-12,15,26H,3-4H2,1-2H3,(H,22,27)(H,23,25,28). The van der Waals surface area contributed by atoms with E-state index in [0.717, 1.165) is 17.0 Å². The first-order valence-corrected chi connectivity index (χ1v) is 10.2. The maximum atomic E-state index is 12.6. The molecule has 0 aliphatic rings. The van der Waals surface area contributed by atoms with Crippen molar-refractivity contribution in [3.63, 3.8) is 0 Å². The van der Waals surface area contributed by atoms with E-state index in [-0.39, 0.29) is 23.1 Å². The van der Waals surface area contributed by atoms with E-state index in [1.807, 2.05) is 30.3 Å². The number of phenolic OH excluding ortho intramolecular Hbond substituents is 1. The fourth-order valence-electron chi connectivity index (χ4n) is 2.87. The molecule has 0 bridgehead atoms. The zero-order valence-electron chi connectivity index (χ0n) is 16.2. The van der Waals surface area contributed by atoms with Gasteiger partial charge >= 0.3 is 0 Å². The number of hydrogen-bond donors (Lipinski definition) is 3. The summed E-state index contributed by atoms with van der Waals surface area (Å²) >= 11 is 1.30. The van der Waals surface area contributed by atoms with Crippen LogP contribution in [0.5, 0.6) is 5.75 Å². The molecule has 8 heteroatoms. The molecule has 2 aromatic carbocycles. The van der Waals surface area contributed by atoms with Crippen LogP contribution in [0.1, 0.15) is 53.5 Å². The first-order valence-electron chi connectivity index (χ1n) is 9.34. The number of aromatic hydroxyl groups is 1. The Morgan fingerprint density at radius 2 is 1.83 bits per heavy atom. The molecule has 7 nitrogen and oxygen atoms in total. The fraction of sp³-hybridized carbons (Fsp3) is 0.238. The molecule has 1 aromatic heterocycles. The SMILES string of the molecule is CCC(=O)Nc1ccc(O)c(C(=O)Nc2nnc(C(CC)c3ccccc3)s2)c1. The summed E-state index contributed by atoms with van der Waals surface area (Å²) in [6, 6.07) is 14.3. The summed E-state index contributed by atoms with van der Waals surface area (Å²) in [6.07, 6.45) is 1.17. The van der Waals surface area contributed by atoms with Crippen LogP contribution in [0.15, 0.2) is 48.5 Å². The summed E-state index contributed by atoms with van der Waals surface area (Å²) < 4.78 is 0. The van der Waals surface area contributed by atoms with E-state index < -0.39 is 5.91 Å². The number of amides is 2. The van der Waals surface area contributed by atoms with Gasteiger partial charge in [-0.05, 0) is 30.2 Å². The average Bonchev–Trinajstić information content (AvgIpc) is 3.18. The van der Waals surface area contributed by atoms with Gasteiger partial charge in [-0.15, -0.1) is 10.2 Å². The highest BCUT2D eigenvalue weighted by atomic mass is 32.1. The van der Waals surface area contributed by atoms with E-state index >= 15 is 0 Å². The lowest BCUT2D eigenvalue weighted by Crippen LogP contribution is -2.14. The monoisotopic (exact) mass is 410 g/mol. The molecule has 3 aromatic rings. The van der Waals surface area contributed by atoms with Crippen molar-refractivity contribution in [1.82, 2.24) is 10.2 Å². The normalized spacial score (nSPS) is 11.7. The van der Waals surface area contributed by atoms with Gasteiger partial charge in [0.25, 0.3) is 5.91 Å². The van der Waals surface area contributed by atoms with Gasteiger partial charge in [-0.2, -0.15) is 0 Å². The van der Waals surface area contributed by atoms with Crippen LogP contribution in [-0.2, 0) is 4.79 Å². The Hall–Kier alpha value is -3.26. The van der Waals surface area contributed by atoms with Crippen molar-refractivity contribution in [3.05, 3.63) is 64.7 Å². The van der Waals surface area contributed by atoms with E-state index in [1.165, 1.54) is 29.5 Å². The van der Waals surface area contributed by atoms with Gasteiger partial charge in [0.2, 0.25) is 11.0 Å². The smallest absolute Gasteiger partial charge is 0.261 e. The highest BCUT2D eigenvalue weighted by Crippen LogP contribution is 2.32. The summed E-state index contributed by atoms with van der Waals surface area (Å²) in [4.78, 5) is 24.2. The number of phenols is 1. The molecule has 0 fully saturated rings. The third kappa shape index (κ3) is 4.97. The van der Waals surface area contributed by atoms with Gasteiger partial charge in [-0.1, -0.05) is 55.5 Å². The van der Waals surface area contributed by atoms with Gasteiger partial charge in [-0.3, -0.25) is 14.9 Å². The van der Waals surface area contributed by atoms with Gasteiger partial charge in [-0.25, -0.2) is 0 Å². The van der Waals surface area contributed by atoms with Crippen molar-refractivity contribution >= 4 is 34.0 Å². The number of benzene rings is 2. The highest BCUT2D eigenvalue weighted by Gasteiger charge is 2.19. The van der Waals surface area contributed by atoms with Crippen molar-refractivity contribution in [2.45, 2.75) is 32.6 Å². The van der Waals surface area contributed by atoms with Crippen LogP contribution in [0.4, 0.5) is 10.8 Å². The molecule has 150 valence electrons. The first kappa shape index (κ1) is 20.5. The molecule has 0 spiro atoms. The lowest BCUT2D eigenvalue weighted by molar-refractivity contribution is -0.115. The molecule has 0 aliphatic heterocycles. The lowest BCUT2D eigenvalue weighted by atomic mass is 9.97. The molecular weight excluding hydrogens is 388 g/mol. The number of aromatic nitrogens is 2. The molecule has 29 heavy (non-hydrogen) atoms. The van der Waals surface area contributed by atoms with Gasteiger partial charge < -0.3 is 10.4 Å². The van der Waals surface area contributed by atoms with Gasteiger partial charge in [0.15, 0.2) is 0 Å². The molecule has 0 radical (unpaired) electrons. The van der Waals surface area contributed by atoms with Crippen LogP contribution < -0.4 is 10.6 Å². The Morgan fingerprint density at radius 1 is 1.07 bits per heavy atom. The predicted octanol–water partition coefficient (Wildman–Crippen LogP) is 4.39. The van der Waals surface area contributed by atoms with Crippen LogP contribution in [0, 0.1) is 0 Å². The van der Waals surface area contributed by atoms with Crippen LogP contribution in [0.25, 0.3) is 0 Å². The summed E-state index contributed by atoms with van der Waals surface area (Å²) in [7, 11) is 0. The number of carbonyl (C=O) groups is 2. The number of hydrogen-bond acceptors (Lipinski definition) is 6. The summed E-state index contributed by atoms with van der Waals surface area (Å²) in [5.41, 5.74) is 1.62. The van der Waals surface area contributed by atoms with Crippen molar-refractivity contribution in [3.8, 4) is 5.75 Å². The minimum atomic E-state index is -0.523. The van der Waals surface area contributed by atoms with E-state index in [4.69, 9.17) is 0 Å². The summed E-state index contributed by atoms with van der Waals surface area (Å²) in [5, 5.41) is 24.9.